The van der Waals surface area contributed by atoms with E-state index in [1.807, 2.05) is 24.3 Å². The van der Waals surface area contributed by atoms with Crippen molar-refractivity contribution in [1.82, 2.24) is 5.43 Å². The summed E-state index contributed by atoms with van der Waals surface area (Å²) in [5.41, 5.74) is 3.11. The predicted molar refractivity (Wildman–Crippen MR) is 71.9 cm³/mol. The van der Waals surface area contributed by atoms with E-state index in [4.69, 9.17) is 22.2 Å². The minimum absolute atomic E-state index is 0.119. The van der Waals surface area contributed by atoms with E-state index in [-0.39, 0.29) is 5.91 Å². The summed E-state index contributed by atoms with van der Waals surface area (Å²) >= 11 is 6.00. The second-order valence-corrected chi connectivity index (χ2v) is 4.43. The number of unbranched alkanes of at least 4 members (excludes halogenated alkanes) is 2. The quantitative estimate of drug-likeness (QED) is 0.330. The maximum Gasteiger partial charge on any atom is 0.233 e. The molecule has 0 fully saturated rings. The SMILES string of the molecule is NNC(=O)CCCCCOCc1ccccc1Cl. The molecule has 1 amide bonds. The highest BCUT2D eigenvalue weighted by Gasteiger charge is 2.00. The molecule has 0 spiro atoms. The van der Waals surface area contributed by atoms with Crippen molar-refractivity contribution in [3.63, 3.8) is 0 Å². The molecule has 5 heteroatoms. The monoisotopic (exact) mass is 270 g/mol. The van der Waals surface area contributed by atoms with E-state index in [1.165, 1.54) is 0 Å². The molecule has 0 aliphatic rings. The topological polar surface area (TPSA) is 64.3 Å². The van der Waals surface area contributed by atoms with Crippen molar-refractivity contribution in [2.24, 2.45) is 5.84 Å². The lowest BCUT2D eigenvalue weighted by atomic mass is 10.2. The number of carbonyl (C=O) groups excluding carboxylic acids is 1. The van der Waals surface area contributed by atoms with Gasteiger partial charge in [0.25, 0.3) is 0 Å². The summed E-state index contributed by atoms with van der Waals surface area (Å²) in [5, 5.41) is 0.733. The molecule has 1 aromatic carbocycles. The molecule has 0 aliphatic carbocycles. The van der Waals surface area contributed by atoms with Crippen molar-refractivity contribution < 1.29 is 9.53 Å². The Morgan fingerprint density at radius 2 is 2.06 bits per heavy atom. The fraction of sp³-hybridized carbons (Fsp3) is 0.462. The van der Waals surface area contributed by atoms with Gasteiger partial charge in [0, 0.05) is 18.1 Å². The molecule has 18 heavy (non-hydrogen) atoms. The fourth-order valence-corrected chi connectivity index (χ4v) is 1.73. The van der Waals surface area contributed by atoms with Crippen LogP contribution in [0.5, 0.6) is 0 Å². The third-order valence-electron chi connectivity index (χ3n) is 2.57. The molecule has 0 aromatic heterocycles. The number of hydrazine groups is 1. The van der Waals surface area contributed by atoms with Crippen LogP contribution in [-0.4, -0.2) is 12.5 Å². The maximum atomic E-state index is 10.8. The van der Waals surface area contributed by atoms with Crippen LogP contribution < -0.4 is 11.3 Å². The summed E-state index contributed by atoms with van der Waals surface area (Å²) in [6, 6.07) is 7.64. The average Bonchev–Trinajstić information content (AvgIpc) is 2.39. The van der Waals surface area contributed by atoms with Crippen LogP contribution in [0.2, 0.25) is 5.02 Å². The van der Waals surface area contributed by atoms with Crippen molar-refractivity contribution >= 4 is 17.5 Å². The fourth-order valence-electron chi connectivity index (χ4n) is 1.54. The molecule has 0 unspecified atom stereocenters. The molecule has 0 radical (unpaired) electrons. The van der Waals surface area contributed by atoms with E-state index >= 15 is 0 Å². The van der Waals surface area contributed by atoms with Gasteiger partial charge in [0.2, 0.25) is 5.91 Å². The van der Waals surface area contributed by atoms with Crippen molar-refractivity contribution in [3.05, 3.63) is 34.9 Å². The smallest absolute Gasteiger partial charge is 0.233 e. The first-order chi connectivity index (χ1) is 8.74. The van der Waals surface area contributed by atoms with Gasteiger partial charge >= 0.3 is 0 Å². The van der Waals surface area contributed by atoms with Crippen molar-refractivity contribution in [2.75, 3.05) is 6.61 Å². The predicted octanol–water partition coefficient (Wildman–Crippen LogP) is 2.41. The van der Waals surface area contributed by atoms with Gasteiger partial charge in [-0.15, -0.1) is 0 Å². The van der Waals surface area contributed by atoms with Gasteiger partial charge in [0.1, 0.15) is 0 Å². The van der Waals surface area contributed by atoms with Gasteiger partial charge in [-0.3, -0.25) is 10.2 Å². The number of halogens is 1. The third kappa shape index (κ3) is 6.00. The molecule has 4 nitrogen and oxygen atoms in total. The van der Waals surface area contributed by atoms with E-state index < -0.39 is 0 Å². The summed E-state index contributed by atoms with van der Waals surface area (Å²) in [6.07, 6.45) is 3.19. The molecule has 1 aromatic rings. The Hall–Kier alpha value is -1.10. The highest BCUT2D eigenvalue weighted by atomic mass is 35.5. The summed E-state index contributed by atoms with van der Waals surface area (Å²) in [4.78, 5) is 10.8. The molecule has 100 valence electrons. The van der Waals surface area contributed by atoms with Crippen LogP contribution in [0.15, 0.2) is 24.3 Å². The van der Waals surface area contributed by atoms with Crippen molar-refractivity contribution in [1.29, 1.82) is 0 Å². The van der Waals surface area contributed by atoms with E-state index in [0.29, 0.717) is 19.6 Å². The Morgan fingerprint density at radius 3 is 2.78 bits per heavy atom. The first-order valence-corrected chi connectivity index (χ1v) is 6.42. The first kappa shape index (κ1) is 15.0. The highest BCUT2D eigenvalue weighted by Crippen LogP contribution is 2.15. The van der Waals surface area contributed by atoms with E-state index in [9.17, 15) is 4.79 Å². The maximum absolute atomic E-state index is 10.8. The average molecular weight is 271 g/mol. The zero-order valence-corrected chi connectivity index (χ0v) is 11.1. The highest BCUT2D eigenvalue weighted by molar-refractivity contribution is 6.31. The lowest BCUT2D eigenvalue weighted by molar-refractivity contribution is -0.121. The molecule has 0 bridgehead atoms. The number of carbonyl (C=O) groups is 1. The van der Waals surface area contributed by atoms with E-state index in [1.54, 1.807) is 0 Å². The second-order valence-electron chi connectivity index (χ2n) is 4.02. The number of ether oxygens (including phenoxy) is 1. The summed E-state index contributed by atoms with van der Waals surface area (Å²) in [5.74, 6) is 4.86. The molecule has 0 heterocycles. The number of nitrogens with one attached hydrogen (secondary N) is 1. The van der Waals surface area contributed by atoms with Gasteiger partial charge in [0.05, 0.1) is 6.61 Å². The molecule has 0 aliphatic heterocycles. The van der Waals surface area contributed by atoms with Crippen LogP contribution in [0.3, 0.4) is 0 Å². The Kier molecular flexibility index (Phi) is 7.41. The Labute approximate surface area is 112 Å². The van der Waals surface area contributed by atoms with Crippen LogP contribution in [0.4, 0.5) is 0 Å². The van der Waals surface area contributed by atoms with Crippen molar-refractivity contribution in [3.8, 4) is 0 Å². The van der Waals surface area contributed by atoms with Gasteiger partial charge in [-0.1, -0.05) is 36.2 Å². The molecule has 1 rings (SSSR count). The number of amides is 1. The molecule has 3 N–H and O–H groups in total. The van der Waals surface area contributed by atoms with Crippen LogP contribution in [0.1, 0.15) is 31.2 Å². The third-order valence-corrected chi connectivity index (χ3v) is 2.94. The standard InChI is InChI=1S/C13H19ClN2O2/c14-12-7-4-3-6-11(12)10-18-9-5-1-2-8-13(17)16-15/h3-4,6-7H,1-2,5,8-10,15H2,(H,16,17). The molecular weight excluding hydrogens is 252 g/mol. The number of rotatable bonds is 8. The number of hydrogen-bond acceptors (Lipinski definition) is 3. The number of nitrogens with two attached hydrogens (primary N) is 1. The van der Waals surface area contributed by atoms with Crippen LogP contribution in [-0.2, 0) is 16.1 Å². The molecule has 0 atom stereocenters. The normalized spacial score (nSPS) is 10.3. The summed E-state index contributed by atoms with van der Waals surface area (Å²) in [7, 11) is 0. The number of hydrogen-bond donors (Lipinski definition) is 2. The lowest BCUT2D eigenvalue weighted by Crippen LogP contribution is -2.29. The summed E-state index contributed by atoms with van der Waals surface area (Å²) < 4.78 is 5.52. The van der Waals surface area contributed by atoms with Gasteiger partial charge < -0.3 is 4.74 Å². The Bertz CT molecular complexity index is 372. The Morgan fingerprint density at radius 1 is 1.28 bits per heavy atom. The van der Waals surface area contributed by atoms with Gasteiger partial charge in [-0.2, -0.15) is 0 Å². The summed E-state index contributed by atoms with van der Waals surface area (Å²) in [6.45, 7) is 1.21. The van der Waals surface area contributed by atoms with E-state index in [0.717, 1.165) is 29.8 Å². The zero-order valence-electron chi connectivity index (χ0n) is 10.3. The first-order valence-electron chi connectivity index (χ1n) is 6.04. The minimum Gasteiger partial charge on any atom is -0.377 e. The van der Waals surface area contributed by atoms with Crippen molar-refractivity contribution in [2.45, 2.75) is 32.3 Å². The van der Waals surface area contributed by atoms with Gasteiger partial charge in [-0.05, 0) is 24.5 Å². The van der Waals surface area contributed by atoms with Crippen LogP contribution >= 0.6 is 11.6 Å². The molecular formula is C13H19ClN2O2. The Balaban J connectivity index is 2.02. The largest absolute Gasteiger partial charge is 0.377 e. The molecule has 0 saturated heterocycles. The van der Waals surface area contributed by atoms with Gasteiger partial charge in [0.15, 0.2) is 0 Å². The van der Waals surface area contributed by atoms with Crippen LogP contribution in [0.25, 0.3) is 0 Å². The zero-order chi connectivity index (χ0) is 13.2. The molecule has 0 saturated carbocycles. The van der Waals surface area contributed by atoms with Gasteiger partial charge in [-0.25, -0.2) is 5.84 Å². The van der Waals surface area contributed by atoms with E-state index in [2.05, 4.69) is 5.43 Å². The lowest BCUT2D eigenvalue weighted by Gasteiger charge is -2.06. The second kappa shape index (κ2) is 8.91. The minimum atomic E-state index is -0.119. The number of benzene rings is 1. The van der Waals surface area contributed by atoms with Crippen LogP contribution in [0, 0.1) is 0 Å².